The van der Waals surface area contributed by atoms with Crippen LogP contribution in [-0.2, 0) is 16.1 Å². The predicted octanol–water partition coefficient (Wildman–Crippen LogP) is 3.51. The number of hydrogen-bond donors (Lipinski definition) is 1. The highest BCUT2D eigenvalue weighted by molar-refractivity contribution is 8.01. The second kappa shape index (κ2) is 7.47. The molecule has 21 heavy (non-hydrogen) atoms. The summed E-state index contributed by atoms with van der Waals surface area (Å²) in [5.74, 6) is 0.318. The van der Waals surface area contributed by atoms with E-state index in [2.05, 4.69) is 4.98 Å². The SMILES string of the molecule is Cc1nc(N)sc1SCC(C)C(=O)OCc1ccccc1. The van der Waals surface area contributed by atoms with Crippen molar-refractivity contribution in [2.45, 2.75) is 24.7 Å². The third kappa shape index (κ3) is 4.75. The smallest absolute Gasteiger partial charge is 0.309 e. The number of benzene rings is 1. The molecule has 1 unspecified atom stereocenters. The van der Waals surface area contributed by atoms with Crippen LogP contribution >= 0.6 is 23.1 Å². The van der Waals surface area contributed by atoms with Gasteiger partial charge in [0.05, 0.1) is 15.8 Å². The summed E-state index contributed by atoms with van der Waals surface area (Å²) >= 11 is 3.06. The van der Waals surface area contributed by atoms with Crippen molar-refractivity contribution in [3.8, 4) is 0 Å². The molecule has 0 radical (unpaired) electrons. The fraction of sp³-hybridized carbons (Fsp3) is 0.333. The zero-order valence-corrected chi connectivity index (χ0v) is 13.7. The highest BCUT2D eigenvalue weighted by atomic mass is 32.2. The molecule has 2 aromatic rings. The van der Waals surface area contributed by atoms with Gasteiger partial charge < -0.3 is 10.5 Å². The first-order chi connectivity index (χ1) is 10.1. The Balaban J connectivity index is 1.78. The number of thiazole rings is 1. The number of anilines is 1. The minimum Gasteiger partial charge on any atom is -0.461 e. The Morgan fingerprint density at radius 1 is 1.43 bits per heavy atom. The van der Waals surface area contributed by atoms with Gasteiger partial charge in [-0.05, 0) is 12.5 Å². The van der Waals surface area contributed by atoms with Crippen molar-refractivity contribution >= 4 is 34.2 Å². The summed E-state index contributed by atoms with van der Waals surface area (Å²) in [5, 5.41) is 0.564. The molecular formula is C15H18N2O2S2. The van der Waals surface area contributed by atoms with Crippen molar-refractivity contribution in [3.05, 3.63) is 41.6 Å². The number of carbonyl (C=O) groups is 1. The number of ether oxygens (including phenoxy) is 1. The molecule has 0 amide bonds. The molecule has 0 saturated heterocycles. The van der Waals surface area contributed by atoms with Crippen LogP contribution < -0.4 is 5.73 Å². The van der Waals surface area contributed by atoms with E-state index in [4.69, 9.17) is 10.5 Å². The Hall–Kier alpha value is -1.53. The Morgan fingerprint density at radius 3 is 2.76 bits per heavy atom. The van der Waals surface area contributed by atoms with Crippen LogP contribution in [0.2, 0.25) is 0 Å². The average molecular weight is 322 g/mol. The first-order valence-corrected chi connectivity index (χ1v) is 8.42. The van der Waals surface area contributed by atoms with Gasteiger partial charge in [0, 0.05) is 5.75 Å². The number of aryl methyl sites for hydroxylation is 1. The summed E-state index contributed by atoms with van der Waals surface area (Å²) in [6, 6.07) is 9.68. The lowest BCUT2D eigenvalue weighted by atomic mass is 10.2. The van der Waals surface area contributed by atoms with Crippen molar-refractivity contribution in [1.29, 1.82) is 0 Å². The first-order valence-electron chi connectivity index (χ1n) is 6.62. The molecule has 1 atom stereocenters. The van der Waals surface area contributed by atoms with E-state index in [1.54, 1.807) is 11.8 Å². The van der Waals surface area contributed by atoms with E-state index < -0.39 is 0 Å². The number of aromatic nitrogens is 1. The Kier molecular flexibility index (Phi) is 5.64. The molecule has 1 aromatic heterocycles. The van der Waals surface area contributed by atoms with Gasteiger partial charge in [0.25, 0.3) is 0 Å². The van der Waals surface area contributed by atoms with Gasteiger partial charge in [-0.2, -0.15) is 0 Å². The number of hydrogen-bond acceptors (Lipinski definition) is 6. The van der Waals surface area contributed by atoms with E-state index in [0.29, 0.717) is 17.5 Å². The lowest BCUT2D eigenvalue weighted by Gasteiger charge is -2.10. The van der Waals surface area contributed by atoms with Gasteiger partial charge in [0.1, 0.15) is 6.61 Å². The van der Waals surface area contributed by atoms with E-state index in [0.717, 1.165) is 15.5 Å². The Labute approximate surface area is 132 Å². The summed E-state index contributed by atoms with van der Waals surface area (Å²) in [7, 11) is 0. The van der Waals surface area contributed by atoms with Crippen LogP contribution in [0.25, 0.3) is 0 Å². The number of esters is 1. The van der Waals surface area contributed by atoms with Gasteiger partial charge in [0.15, 0.2) is 5.13 Å². The molecule has 0 aliphatic carbocycles. The summed E-state index contributed by atoms with van der Waals surface area (Å²) in [6.07, 6.45) is 0. The van der Waals surface area contributed by atoms with E-state index in [1.165, 1.54) is 11.3 Å². The van der Waals surface area contributed by atoms with E-state index in [-0.39, 0.29) is 11.9 Å². The maximum Gasteiger partial charge on any atom is 0.309 e. The number of thioether (sulfide) groups is 1. The number of nitrogens with zero attached hydrogens (tertiary/aromatic N) is 1. The van der Waals surface area contributed by atoms with Crippen LogP contribution in [0, 0.1) is 12.8 Å². The van der Waals surface area contributed by atoms with Crippen molar-refractivity contribution in [2.24, 2.45) is 5.92 Å². The normalized spacial score (nSPS) is 12.1. The third-order valence-electron chi connectivity index (χ3n) is 2.86. The summed E-state index contributed by atoms with van der Waals surface area (Å²) in [4.78, 5) is 16.1. The summed E-state index contributed by atoms with van der Waals surface area (Å²) < 4.78 is 6.39. The number of nitrogens with two attached hydrogens (primary N) is 1. The van der Waals surface area contributed by atoms with Gasteiger partial charge in [0.2, 0.25) is 0 Å². The number of carbonyl (C=O) groups excluding carboxylic acids is 1. The predicted molar refractivity (Wildman–Crippen MR) is 87.4 cm³/mol. The van der Waals surface area contributed by atoms with E-state index >= 15 is 0 Å². The molecule has 0 aliphatic rings. The van der Waals surface area contributed by atoms with Crippen molar-refractivity contribution in [1.82, 2.24) is 4.98 Å². The quantitative estimate of drug-likeness (QED) is 0.651. The second-order valence-electron chi connectivity index (χ2n) is 4.73. The lowest BCUT2D eigenvalue weighted by molar-refractivity contribution is -0.148. The maximum atomic E-state index is 12.0. The molecule has 1 aromatic carbocycles. The zero-order chi connectivity index (χ0) is 15.2. The highest BCUT2D eigenvalue weighted by Crippen LogP contribution is 2.31. The van der Waals surface area contributed by atoms with Crippen LogP contribution in [0.3, 0.4) is 0 Å². The molecule has 2 rings (SSSR count). The van der Waals surface area contributed by atoms with Crippen LogP contribution in [0.5, 0.6) is 0 Å². The number of nitrogen functional groups attached to an aromatic ring is 1. The molecule has 4 nitrogen and oxygen atoms in total. The molecule has 1 heterocycles. The molecule has 2 N–H and O–H groups in total. The molecule has 0 spiro atoms. The molecule has 0 bridgehead atoms. The van der Waals surface area contributed by atoms with Crippen LogP contribution in [-0.4, -0.2) is 16.7 Å². The van der Waals surface area contributed by atoms with Crippen LogP contribution in [0.15, 0.2) is 34.5 Å². The van der Waals surface area contributed by atoms with Gasteiger partial charge in [-0.25, -0.2) is 4.98 Å². The monoisotopic (exact) mass is 322 g/mol. The highest BCUT2D eigenvalue weighted by Gasteiger charge is 2.16. The number of rotatable bonds is 6. The van der Waals surface area contributed by atoms with Crippen LogP contribution in [0.1, 0.15) is 18.2 Å². The molecule has 0 saturated carbocycles. The Bertz CT molecular complexity index is 599. The molecule has 0 aliphatic heterocycles. The lowest BCUT2D eigenvalue weighted by Crippen LogP contribution is -2.16. The minimum atomic E-state index is -0.179. The minimum absolute atomic E-state index is 0.165. The van der Waals surface area contributed by atoms with Gasteiger partial charge in [-0.1, -0.05) is 48.6 Å². The second-order valence-corrected chi connectivity index (χ2v) is 7.05. The molecule has 112 valence electrons. The molecule has 6 heteroatoms. The average Bonchev–Trinajstić information content (AvgIpc) is 2.81. The van der Waals surface area contributed by atoms with Crippen molar-refractivity contribution in [3.63, 3.8) is 0 Å². The topological polar surface area (TPSA) is 65.2 Å². The summed E-state index contributed by atoms with van der Waals surface area (Å²) in [5.41, 5.74) is 7.58. The Morgan fingerprint density at radius 2 is 2.14 bits per heavy atom. The van der Waals surface area contributed by atoms with Gasteiger partial charge in [-0.15, -0.1) is 11.8 Å². The fourth-order valence-corrected chi connectivity index (χ4v) is 3.73. The fourth-order valence-electron chi connectivity index (χ4n) is 1.68. The van der Waals surface area contributed by atoms with Gasteiger partial charge in [-0.3, -0.25) is 4.79 Å². The standard InChI is InChI=1S/C15H18N2O2S2/c1-10(9-20-14-11(2)17-15(16)21-14)13(18)19-8-12-6-4-3-5-7-12/h3-7,10H,8-9H2,1-2H3,(H2,16,17). The zero-order valence-electron chi connectivity index (χ0n) is 12.0. The van der Waals surface area contributed by atoms with Gasteiger partial charge >= 0.3 is 5.97 Å². The molecular weight excluding hydrogens is 304 g/mol. The van der Waals surface area contributed by atoms with Crippen LogP contribution in [0.4, 0.5) is 5.13 Å². The van der Waals surface area contributed by atoms with E-state index in [9.17, 15) is 4.79 Å². The van der Waals surface area contributed by atoms with E-state index in [1.807, 2.05) is 44.2 Å². The van der Waals surface area contributed by atoms with Crippen molar-refractivity contribution in [2.75, 3.05) is 11.5 Å². The maximum absolute atomic E-state index is 12.0. The first kappa shape index (κ1) is 15.9. The molecule has 0 fully saturated rings. The summed E-state index contributed by atoms with van der Waals surface area (Å²) in [6.45, 7) is 4.12. The van der Waals surface area contributed by atoms with Crippen molar-refractivity contribution < 1.29 is 9.53 Å². The largest absolute Gasteiger partial charge is 0.461 e. The third-order valence-corrected chi connectivity index (χ3v) is 5.47.